The van der Waals surface area contributed by atoms with E-state index in [2.05, 4.69) is 6.08 Å². The lowest BCUT2D eigenvalue weighted by molar-refractivity contribution is 0.624. The van der Waals surface area contributed by atoms with Crippen LogP contribution in [0.5, 0.6) is 0 Å². The number of thioether (sulfide) groups is 1. The Bertz CT molecular complexity index is 343. The van der Waals surface area contributed by atoms with Gasteiger partial charge in [-0.05, 0) is 32.0 Å². The van der Waals surface area contributed by atoms with E-state index in [1.54, 1.807) is 17.8 Å². The number of rotatable bonds is 3. The first kappa shape index (κ1) is 11.1. The molecule has 0 aliphatic carbocycles. The van der Waals surface area contributed by atoms with Gasteiger partial charge in [-0.3, -0.25) is 0 Å². The zero-order valence-electron chi connectivity index (χ0n) is 8.38. The van der Waals surface area contributed by atoms with Crippen LogP contribution in [0.25, 0.3) is 0 Å². The Hall–Kier alpha value is -0.960. The second-order valence-corrected chi connectivity index (χ2v) is 4.34. The van der Waals surface area contributed by atoms with Crippen LogP contribution in [0, 0.1) is 5.82 Å². The van der Waals surface area contributed by atoms with Gasteiger partial charge in [-0.2, -0.15) is 0 Å². The molecule has 0 saturated heterocycles. The first-order valence-corrected chi connectivity index (χ1v) is 5.39. The fourth-order valence-corrected chi connectivity index (χ4v) is 1.96. The Morgan fingerprint density at radius 1 is 1.50 bits per heavy atom. The van der Waals surface area contributed by atoms with Gasteiger partial charge in [0.15, 0.2) is 0 Å². The van der Waals surface area contributed by atoms with Crippen molar-refractivity contribution in [2.45, 2.75) is 18.7 Å². The Morgan fingerprint density at radius 3 is 2.86 bits per heavy atom. The SMILES string of the molecule is CC(C)=CCSc1cc(F)ccc1N. The van der Waals surface area contributed by atoms with Crippen LogP contribution in [-0.4, -0.2) is 5.75 Å². The van der Waals surface area contributed by atoms with Gasteiger partial charge in [-0.1, -0.05) is 11.6 Å². The summed E-state index contributed by atoms with van der Waals surface area (Å²) in [6.45, 7) is 4.07. The number of benzene rings is 1. The number of halogens is 1. The van der Waals surface area contributed by atoms with Gasteiger partial charge in [0.2, 0.25) is 0 Å². The second-order valence-electron chi connectivity index (χ2n) is 3.27. The van der Waals surface area contributed by atoms with Crippen molar-refractivity contribution in [1.82, 2.24) is 0 Å². The van der Waals surface area contributed by atoms with Gasteiger partial charge in [0, 0.05) is 16.3 Å². The van der Waals surface area contributed by atoms with Gasteiger partial charge < -0.3 is 5.73 Å². The number of hydrogen-bond acceptors (Lipinski definition) is 2. The Morgan fingerprint density at radius 2 is 2.21 bits per heavy atom. The zero-order chi connectivity index (χ0) is 10.6. The van der Waals surface area contributed by atoms with Crippen molar-refractivity contribution in [3.05, 3.63) is 35.7 Å². The molecule has 0 bridgehead atoms. The first-order valence-electron chi connectivity index (χ1n) is 4.41. The monoisotopic (exact) mass is 211 g/mol. The van der Waals surface area contributed by atoms with Crippen LogP contribution in [-0.2, 0) is 0 Å². The van der Waals surface area contributed by atoms with E-state index in [1.165, 1.54) is 17.7 Å². The number of anilines is 1. The third kappa shape index (κ3) is 3.42. The second kappa shape index (κ2) is 5.05. The van der Waals surface area contributed by atoms with E-state index in [0.717, 1.165) is 10.6 Å². The molecule has 0 heterocycles. The summed E-state index contributed by atoms with van der Waals surface area (Å²) >= 11 is 1.55. The fourth-order valence-electron chi connectivity index (χ4n) is 0.931. The van der Waals surface area contributed by atoms with E-state index >= 15 is 0 Å². The van der Waals surface area contributed by atoms with Crippen molar-refractivity contribution >= 4 is 17.4 Å². The first-order chi connectivity index (χ1) is 6.59. The van der Waals surface area contributed by atoms with Crippen LogP contribution < -0.4 is 5.73 Å². The summed E-state index contributed by atoms with van der Waals surface area (Å²) in [6.07, 6.45) is 2.09. The van der Waals surface area contributed by atoms with Crippen LogP contribution in [0.2, 0.25) is 0 Å². The fraction of sp³-hybridized carbons (Fsp3) is 0.273. The van der Waals surface area contributed by atoms with Gasteiger partial charge in [0.25, 0.3) is 0 Å². The molecule has 0 amide bonds. The van der Waals surface area contributed by atoms with Crippen LogP contribution in [0.3, 0.4) is 0 Å². The molecular formula is C11H14FNS. The number of allylic oxidation sites excluding steroid dienone is 1. The highest BCUT2D eigenvalue weighted by Crippen LogP contribution is 2.25. The molecule has 0 aromatic heterocycles. The van der Waals surface area contributed by atoms with Crippen LogP contribution >= 0.6 is 11.8 Å². The molecule has 3 heteroatoms. The standard InChI is InChI=1S/C11H14FNS/c1-8(2)5-6-14-11-7-9(12)3-4-10(11)13/h3-5,7H,6,13H2,1-2H3. The predicted molar refractivity (Wildman–Crippen MR) is 61.0 cm³/mol. The van der Waals surface area contributed by atoms with Crippen LogP contribution in [0.4, 0.5) is 10.1 Å². The minimum Gasteiger partial charge on any atom is -0.398 e. The molecule has 1 nitrogen and oxygen atoms in total. The smallest absolute Gasteiger partial charge is 0.124 e. The highest BCUT2D eigenvalue weighted by atomic mass is 32.2. The molecule has 0 aliphatic heterocycles. The zero-order valence-corrected chi connectivity index (χ0v) is 9.20. The van der Waals surface area contributed by atoms with Gasteiger partial charge in [-0.25, -0.2) is 4.39 Å². The largest absolute Gasteiger partial charge is 0.398 e. The van der Waals surface area contributed by atoms with Crippen molar-refractivity contribution in [2.24, 2.45) is 0 Å². The Balaban J connectivity index is 2.67. The summed E-state index contributed by atoms with van der Waals surface area (Å²) in [5.41, 5.74) is 7.59. The molecule has 2 N–H and O–H groups in total. The average molecular weight is 211 g/mol. The minimum absolute atomic E-state index is 0.237. The molecule has 1 rings (SSSR count). The summed E-state index contributed by atoms with van der Waals surface area (Å²) in [5, 5.41) is 0. The summed E-state index contributed by atoms with van der Waals surface area (Å²) in [7, 11) is 0. The molecule has 1 aromatic rings. The number of nitrogens with two attached hydrogens (primary N) is 1. The van der Waals surface area contributed by atoms with Gasteiger partial charge in [0.1, 0.15) is 5.82 Å². The van der Waals surface area contributed by atoms with E-state index in [9.17, 15) is 4.39 Å². The molecule has 14 heavy (non-hydrogen) atoms. The lowest BCUT2D eigenvalue weighted by atomic mass is 10.3. The van der Waals surface area contributed by atoms with E-state index in [1.807, 2.05) is 13.8 Å². The molecule has 0 radical (unpaired) electrons. The van der Waals surface area contributed by atoms with E-state index in [0.29, 0.717) is 5.69 Å². The number of nitrogen functional groups attached to an aromatic ring is 1. The molecule has 0 unspecified atom stereocenters. The Kier molecular flexibility index (Phi) is 4.01. The lowest BCUT2D eigenvalue weighted by Crippen LogP contribution is -1.89. The third-order valence-electron chi connectivity index (χ3n) is 1.71. The molecular weight excluding hydrogens is 197 g/mol. The lowest BCUT2D eigenvalue weighted by Gasteiger charge is -2.03. The predicted octanol–water partition coefficient (Wildman–Crippen LogP) is 3.47. The average Bonchev–Trinajstić information content (AvgIpc) is 2.10. The van der Waals surface area contributed by atoms with Crippen LogP contribution in [0.15, 0.2) is 34.7 Å². The molecule has 0 atom stereocenters. The van der Waals surface area contributed by atoms with E-state index < -0.39 is 0 Å². The van der Waals surface area contributed by atoms with E-state index in [4.69, 9.17) is 5.73 Å². The molecule has 0 fully saturated rings. The molecule has 1 aromatic carbocycles. The highest BCUT2D eigenvalue weighted by Gasteiger charge is 2.00. The van der Waals surface area contributed by atoms with Crippen molar-refractivity contribution in [1.29, 1.82) is 0 Å². The molecule has 0 spiro atoms. The summed E-state index contributed by atoms with van der Waals surface area (Å²) in [4.78, 5) is 0.808. The summed E-state index contributed by atoms with van der Waals surface area (Å²) in [6, 6.07) is 4.44. The molecule has 0 aliphatic rings. The van der Waals surface area contributed by atoms with Crippen molar-refractivity contribution in [2.75, 3.05) is 11.5 Å². The maximum absolute atomic E-state index is 12.8. The van der Waals surface area contributed by atoms with Crippen LogP contribution in [0.1, 0.15) is 13.8 Å². The van der Waals surface area contributed by atoms with Crippen molar-refractivity contribution in [3.63, 3.8) is 0 Å². The Labute approximate surface area is 88.2 Å². The highest BCUT2D eigenvalue weighted by molar-refractivity contribution is 7.99. The summed E-state index contributed by atoms with van der Waals surface area (Å²) in [5.74, 6) is 0.592. The third-order valence-corrected chi connectivity index (χ3v) is 2.70. The molecule has 0 saturated carbocycles. The maximum atomic E-state index is 12.8. The van der Waals surface area contributed by atoms with Crippen molar-refractivity contribution < 1.29 is 4.39 Å². The summed E-state index contributed by atoms with van der Waals surface area (Å²) < 4.78 is 12.8. The minimum atomic E-state index is -0.237. The maximum Gasteiger partial charge on any atom is 0.124 e. The van der Waals surface area contributed by atoms with E-state index in [-0.39, 0.29) is 5.82 Å². The van der Waals surface area contributed by atoms with Gasteiger partial charge >= 0.3 is 0 Å². The van der Waals surface area contributed by atoms with Gasteiger partial charge in [-0.15, -0.1) is 11.8 Å². The molecule has 76 valence electrons. The number of hydrogen-bond donors (Lipinski definition) is 1. The van der Waals surface area contributed by atoms with Crippen molar-refractivity contribution in [3.8, 4) is 0 Å². The topological polar surface area (TPSA) is 26.0 Å². The normalized spacial score (nSPS) is 9.93. The van der Waals surface area contributed by atoms with Gasteiger partial charge in [0.05, 0.1) is 0 Å². The quantitative estimate of drug-likeness (QED) is 0.470.